The monoisotopic (exact) mass is 287 g/mol. The van der Waals surface area contributed by atoms with E-state index in [0.717, 1.165) is 30.9 Å². The van der Waals surface area contributed by atoms with Crippen molar-refractivity contribution in [2.75, 3.05) is 25.0 Å². The highest BCUT2D eigenvalue weighted by Crippen LogP contribution is 2.21. The molecule has 0 aliphatic carbocycles. The number of hydrogen-bond donors (Lipinski definition) is 2. The highest BCUT2D eigenvalue weighted by molar-refractivity contribution is 5.97. The second kappa shape index (κ2) is 6.26. The third-order valence-corrected chi connectivity index (χ3v) is 4.22. The SMILES string of the molecule is O=C1CC(C(=O)Nc2ccccc2CN2CCCC2)CN1. The summed E-state index contributed by atoms with van der Waals surface area (Å²) >= 11 is 0. The Morgan fingerprint density at radius 1 is 1.29 bits per heavy atom. The number of benzene rings is 1. The molecule has 1 atom stereocenters. The van der Waals surface area contributed by atoms with Crippen LogP contribution in [0, 0.1) is 5.92 Å². The van der Waals surface area contributed by atoms with Crippen LogP contribution in [-0.4, -0.2) is 36.3 Å². The van der Waals surface area contributed by atoms with Crippen LogP contribution in [0.1, 0.15) is 24.8 Å². The fraction of sp³-hybridized carbons (Fsp3) is 0.500. The number of nitrogens with zero attached hydrogens (tertiary/aromatic N) is 1. The number of rotatable bonds is 4. The van der Waals surface area contributed by atoms with Crippen molar-refractivity contribution >= 4 is 17.5 Å². The van der Waals surface area contributed by atoms with Crippen LogP contribution in [0.3, 0.4) is 0 Å². The van der Waals surface area contributed by atoms with Gasteiger partial charge >= 0.3 is 0 Å². The summed E-state index contributed by atoms with van der Waals surface area (Å²) < 4.78 is 0. The lowest BCUT2D eigenvalue weighted by Gasteiger charge is -2.18. The molecule has 5 heteroatoms. The smallest absolute Gasteiger partial charge is 0.229 e. The summed E-state index contributed by atoms with van der Waals surface area (Å²) in [4.78, 5) is 25.9. The molecule has 0 saturated carbocycles. The minimum atomic E-state index is -0.252. The molecule has 2 N–H and O–H groups in total. The average Bonchev–Trinajstić information content (AvgIpc) is 3.12. The van der Waals surface area contributed by atoms with Gasteiger partial charge in [0.2, 0.25) is 11.8 Å². The van der Waals surface area contributed by atoms with Gasteiger partial charge < -0.3 is 10.6 Å². The maximum Gasteiger partial charge on any atom is 0.229 e. The van der Waals surface area contributed by atoms with Crippen molar-refractivity contribution in [3.8, 4) is 0 Å². The van der Waals surface area contributed by atoms with Gasteiger partial charge in [0, 0.05) is 25.2 Å². The summed E-state index contributed by atoms with van der Waals surface area (Å²) in [6.45, 7) is 3.57. The van der Waals surface area contributed by atoms with Crippen LogP contribution in [0.4, 0.5) is 5.69 Å². The van der Waals surface area contributed by atoms with Crippen molar-refractivity contribution in [3.05, 3.63) is 29.8 Å². The predicted octanol–water partition coefficient (Wildman–Crippen LogP) is 1.36. The Bertz CT molecular complexity index is 538. The number of hydrogen-bond acceptors (Lipinski definition) is 3. The second-order valence-electron chi connectivity index (χ2n) is 5.83. The van der Waals surface area contributed by atoms with Gasteiger partial charge in [-0.1, -0.05) is 18.2 Å². The van der Waals surface area contributed by atoms with Crippen molar-refractivity contribution in [2.45, 2.75) is 25.8 Å². The lowest BCUT2D eigenvalue weighted by molar-refractivity contribution is -0.123. The number of likely N-dealkylation sites (tertiary alicyclic amines) is 1. The standard InChI is InChI=1S/C16H21N3O2/c20-15-9-13(10-17-15)16(21)18-14-6-2-1-5-12(14)11-19-7-3-4-8-19/h1-2,5-6,13H,3-4,7-11H2,(H,17,20)(H,18,21). The van der Waals surface area contributed by atoms with E-state index in [1.165, 1.54) is 12.8 Å². The molecular weight excluding hydrogens is 266 g/mol. The average molecular weight is 287 g/mol. The van der Waals surface area contributed by atoms with E-state index in [2.05, 4.69) is 21.6 Å². The molecule has 0 bridgehead atoms. The van der Waals surface area contributed by atoms with Crippen LogP contribution in [0.15, 0.2) is 24.3 Å². The van der Waals surface area contributed by atoms with Gasteiger partial charge in [0.1, 0.15) is 0 Å². The van der Waals surface area contributed by atoms with Crippen molar-refractivity contribution in [2.24, 2.45) is 5.92 Å². The summed E-state index contributed by atoms with van der Waals surface area (Å²) in [5.41, 5.74) is 2.01. The third-order valence-electron chi connectivity index (χ3n) is 4.22. The molecule has 0 aromatic heterocycles. The Morgan fingerprint density at radius 3 is 2.76 bits per heavy atom. The minimum Gasteiger partial charge on any atom is -0.355 e. The molecule has 2 amide bonds. The molecule has 2 saturated heterocycles. The summed E-state index contributed by atoms with van der Waals surface area (Å²) in [6, 6.07) is 7.93. The van der Waals surface area contributed by atoms with Gasteiger partial charge in [0.15, 0.2) is 0 Å². The largest absolute Gasteiger partial charge is 0.355 e. The first-order chi connectivity index (χ1) is 10.2. The van der Waals surface area contributed by atoms with Crippen molar-refractivity contribution in [1.82, 2.24) is 10.2 Å². The number of amides is 2. The topological polar surface area (TPSA) is 61.4 Å². The first kappa shape index (κ1) is 14.1. The van der Waals surface area contributed by atoms with E-state index in [9.17, 15) is 9.59 Å². The Hall–Kier alpha value is -1.88. The molecule has 1 aromatic rings. The number of anilines is 1. The molecular formula is C16H21N3O2. The van der Waals surface area contributed by atoms with E-state index in [1.807, 2.05) is 18.2 Å². The Labute approximate surface area is 124 Å². The van der Waals surface area contributed by atoms with Gasteiger partial charge in [-0.05, 0) is 37.6 Å². The molecule has 0 radical (unpaired) electrons. The van der Waals surface area contributed by atoms with Crippen LogP contribution >= 0.6 is 0 Å². The second-order valence-corrected chi connectivity index (χ2v) is 5.83. The van der Waals surface area contributed by atoms with Crippen LogP contribution < -0.4 is 10.6 Å². The Kier molecular flexibility index (Phi) is 4.20. The van der Waals surface area contributed by atoms with Gasteiger partial charge in [-0.25, -0.2) is 0 Å². The van der Waals surface area contributed by atoms with E-state index in [0.29, 0.717) is 13.0 Å². The molecule has 2 aliphatic heterocycles. The summed E-state index contributed by atoms with van der Waals surface area (Å²) in [7, 11) is 0. The Balaban J connectivity index is 1.66. The van der Waals surface area contributed by atoms with E-state index in [-0.39, 0.29) is 17.7 Å². The molecule has 112 valence electrons. The highest BCUT2D eigenvalue weighted by Gasteiger charge is 2.28. The molecule has 1 aromatic carbocycles. The quantitative estimate of drug-likeness (QED) is 0.879. The summed E-state index contributed by atoms with van der Waals surface area (Å²) in [5, 5.41) is 5.69. The number of nitrogens with one attached hydrogen (secondary N) is 2. The van der Waals surface area contributed by atoms with Crippen LogP contribution in [0.5, 0.6) is 0 Å². The molecule has 2 heterocycles. The Morgan fingerprint density at radius 2 is 2.05 bits per heavy atom. The third kappa shape index (κ3) is 3.42. The first-order valence-corrected chi connectivity index (χ1v) is 7.60. The van der Waals surface area contributed by atoms with E-state index in [1.54, 1.807) is 0 Å². The van der Waals surface area contributed by atoms with Gasteiger partial charge in [0.25, 0.3) is 0 Å². The zero-order valence-corrected chi connectivity index (χ0v) is 12.1. The molecule has 1 unspecified atom stereocenters. The lowest BCUT2D eigenvalue weighted by Crippen LogP contribution is -2.26. The van der Waals surface area contributed by atoms with Gasteiger partial charge in [-0.3, -0.25) is 14.5 Å². The van der Waals surface area contributed by atoms with Crippen molar-refractivity contribution in [3.63, 3.8) is 0 Å². The van der Waals surface area contributed by atoms with Crippen LogP contribution in [0.25, 0.3) is 0 Å². The van der Waals surface area contributed by atoms with E-state index in [4.69, 9.17) is 0 Å². The van der Waals surface area contributed by atoms with Crippen LogP contribution in [-0.2, 0) is 16.1 Å². The highest BCUT2D eigenvalue weighted by atomic mass is 16.2. The maximum atomic E-state index is 12.2. The molecule has 2 fully saturated rings. The maximum absolute atomic E-state index is 12.2. The minimum absolute atomic E-state index is 0.0412. The van der Waals surface area contributed by atoms with E-state index < -0.39 is 0 Å². The molecule has 21 heavy (non-hydrogen) atoms. The summed E-state index contributed by atoms with van der Waals surface area (Å²) in [6.07, 6.45) is 2.80. The fourth-order valence-corrected chi connectivity index (χ4v) is 2.99. The van der Waals surface area contributed by atoms with Crippen molar-refractivity contribution in [1.29, 1.82) is 0 Å². The number of para-hydroxylation sites is 1. The predicted molar refractivity (Wildman–Crippen MR) is 80.7 cm³/mol. The van der Waals surface area contributed by atoms with Gasteiger partial charge in [0.05, 0.1) is 5.92 Å². The van der Waals surface area contributed by atoms with Gasteiger partial charge in [-0.15, -0.1) is 0 Å². The normalized spacial score (nSPS) is 22.3. The number of carbonyl (C=O) groups is 2. The number of carbonyl (C=O) groups excluding carboxylic acids is 2. The van der Waals surface area contributed by atoms with Crippen LogP contribution in [0.2, 0.25) is 0 Å². The lowest BCUT2D eigenvalue weighted by atomic mass is 10.1. The molecule has 2 aliphatic rings. The zero-order chi connectivity index (χ0) is 14.7. The first-order valence-electron chi connectivity index (χ1n) is 7.60. The van der Waals surface area contributed by atoms with Crippen molar-refractivity contribution < 1.29 is 9.59 Å². The summed E-state index contributed by atoms with van der Waals surface area (Å²) in [5.74, 6) is -0.361. The molecule has 5 nitrogen and oxygen atoms in total. The fourth-order valence-electron chi connectivity index (χ4n) is 2.99. The van der Waals surface area contributed by atoms with Gasteiger partial charge in [-0.2, -0.15) is 0 Å². The zero-order valence-electron chi connectivity index (χ0n) is 12.1. The molecule has 3 rings (SSSR count). The van der Waals surface area contributed by atoms with E-state index >= 15 is 0 Å². The molecule has 0 spiro atoms.